The Morgan fingerprint density at radius 2 is 2.07 bits per heavy atom. The standard InChI is InChI=1S/C20H24FN3O3/c1-12-11-26-18-16(22-12)10-14(9-13-5-7-15(21)8-6-13)17(23-18)24-19(25)27-20(2,3)4/h5-8,10,12,22H,9,11H2,1-4H3,(H,23,24,25)/t12-/m0/s1. The maximum Gasteiger partial charge on any atom is 0.413 e. The highest BCUT2D eigenvalue weighted by Crippen LogP contribution is 2.32. The zero-order chi connectivity index (χ0) is 19.6. The van der Waals surface area contributed by atoms with E-state index in [0.717, 1.165) is 16.8 Å². The Labute approximate surface area is 158 Å². The lowest BCUT2D eigenvalue weighted by molar-refractivity contribution is 0.0635. The van der Waals surface area contributed by atoms with Crippen LogP contribution in [0.1, 0.15) is 38.8 Å². The Bertz CT molecular complexity index is 832. The molecular formula is C20H24FN3O3. The van der Waals surface area contributed by atoms with Gasteiger partial charge in [0, 0.05) is 12.0 Å². The Morgan fingerprint density at radius 1 is 1.37 bits per heavy atom. The molecule has 0 saturated carbocycles. The summed E-state index contributed by atoms with van der Waals surface area (Å²) in [5, 5.41) is 6.03. The second-order valence-corrected chi connectivity index (χ2v) is 7.64. The van der Waals surface area contributed by atoms with Crippen molar-refractivity contribution in [2.75, 3.05) is 17.2 Å². The fourth-order valence-electron chi connectivity index (χ4n) is 2.73. The lowest BCUT2D eigenvalue weighted by Crippen LogP contribution is -2.30. The van der Waals surface area contributed by atoms with Crippen molar-refractivity contribution in [3.63, 3.8) is 0 Å². The Morgan fingerprint density at radius 3 is 2.74 bits per heavy atom. The molecule has 7 heteroatoms. The van der Waals surface area contributed by atoms with Crippen LogP contribution in [-0.2, 0) is 11.2 Å². The first-order valence-electron chi connectivity index (χ1n) is 8.87. The van der Waals surface area contributed by atoms with Gasteiger partial charge in [-0.25, -0.2) is 9.18 Å². The molecule has 2 aromatic rings. The lowest BCUT2D eigenvalue weighted by atomic mass is 10.0. The third-order valence-electron chi connectivity index (χ3n) is 3.87. The molecule has 1 amide bonds. The quantitative estimate of drug-likeness (QED) is 0.837. The predicted molar refractivity (Wildman–Crippen MR) is 102 cm³/mol. The van der Waals surface area contributed by atoms with Crippen molar-refractivity contribution in [2.45, 2.75) is 45.8 Å². The van der Waals surface area contributed by atoms with Gasteiger partial charge in [-0.05, 0) is 51.5 Å². The highest BCUT2D eigenvalue weighted by atomic mass is 19.1. The number of nitrogens with zero attached hydrogens (tertiary/aromatic N) is 1. The number of fused-ring (bicyclic) bond motifs is 1. The van der Waals surface area contributed by atoms with Gasteiger partial charge in [-0.2, -0.15) is 4.98 Å². The Kier molecular flexibility index (Phi) is 5.21. The molecule has 27 heavy (non-hydrogen) atoms. The highest BCUT2D eigenvalue weighted by molar-refractivity contribution is 5.85. The highest BCUT2D eigenvalue weighted by Gasteiger charge is 2.22. The number of benzene rings is 1. The van der Waals surface area contributed by atoms with Crippen molar-refractivity contribution in [1.82, 2.24) is 4.98 Å². The summed E-state index contributed by atoms with van der Waals surface area (Å²) < 4.78 is 24.2. The van der Waals surface area contributed by atoms with E-state index in [9.17, 15) is 9.18 Å². The first-order chi connectivity index (χ1) is 12.7. The summed E-state index contributed by atoms with van der Waals surface area (Å²) in [5.41, 5.74) is 1.82. The number of anilines is 2. The summed E-state index contributed by atoms with van der Waals surface area (Å²) in [6, 6.07) is 8.28. The molecule has 1 aliphatic rings. The average Bonchev–Trinajstić information content (AvgIpc) is 2.56. The first-order valence-corrected chi connectivity index (χ1v) is 8.87. The van der Waals surface area contributed by atoms with E-state index in [1.165, 1.54) is 12.1 Å². The minimum absolute atomic E-state index is 0.155. The van der Waals surface area contributed by atoms with Crippen LogP contribution in [0.25, 0.3) is 0 Å². The molecule has 0 spiro atoms. The van der Waals surface area contributed by atoms with Crippen molar-refractivity contribution in [3.8, 4) is 5.88 Å². The van der Waals surface area contributed by atoms with Gasteiger partial charge >= 0.3 is 6.09 Å². The van der Waals surface area contributed by atoms with Gasteiger partial charge in [0.15, 0.2) is 0 Å². The van der Waals surface area contributed by atoms with E-state index in [-0.39, 0.29) is 11.9 Å². The molecule has 0 bridgehead atoms. The number of carbonyl (C=O) groups is 1. The van der Waals surface area contributed by atoms with Crippen LogP contribution in [0.4, 0.5) is 20.7 Å². The first kappa shape index (κ1) is 18.9. The molecule has 0 saturated heterocycles. The van der Waals surface area contributed by atoms with Crippen LogP contribution < -0.4 is 15.4 Å². The van der Waals surface area contributed by atoms with Gasteiger partial charge in [-0.3, -0.25) is 5.32 Å². The molecule has 0 unspecified atom stereocenters. The number of hydrogen-bond acceptors (Lipinski definition) is 5. The lowest BCUT2D eigenvalue weighted by Gasteiger charge is -2.26. The largest absolute Gasteiger partial charge is 0.474 e. The fraction of sp³-hybridized carbons (Fsp3) is 0.400. The zero-order valence-electron chi connectivity index (χ0n) is 15.9. The van der Waals surface area contributed by atoms with E-state index < -0.39 is 11.7 Å². The third-order valence-corrected chi connectivity index (χ3v) is 3.87. The van der Waals surface area contributed by atoms with Gasteiger partial charge in [0.1, 0.15) is 23.8 Å². The minimum atomic E-state index is -0.622. The number of hydrogen-bond donors (Lipinski definition) is 2. The van der Waals surface area contributed by atoms with Crippen LogP contribution in [0.5, 0.6) is 5.88 Å². The summed E-state index contributed by atoms with van der Waals surface area (Å²) >= 11 is 0. The van der Waals surface area contributed by atoms with Crippen molar-refractivity contribution < 1.29 is 18.7 Å². The van der Waals surface area contributed by atoms with Crippen LogP contribution in [0.3, 0.4) is 0 Å². The molecule has 6 nitrogen and oxygen atoms in total. The molecule has 3 rings (SSSR count). The van der Waals surface area contributed by atoms with Crippen molar-refractivity contribution in [3.05, 3.63) is 47.3 Å². The Hall–Kier alpha value is -2.83. The molecule has 2 N–H and O–H groups in total. The van der Waals surface area contributed by atoms with Gasteiger partial charge < -0.3 is 14.8 Å². The van der Waals surface area contributed by atoms with Crippen LogP contribution >= 0.6 is 0 Å². The molecule has 0 aliphatic carbocycles. The van der Waals surface area contributed by atoms with Gasteiger partial charge in [0.25, 0.3) is 0 Å². The molecule has 2 heterocycles. The molecule has 1 aromatic carbocycles. The van der Waals surface area contributed by atoms with E-state index in [2.05, 4.69) is 15.6 Å². The molecule has 1 atom stereocenters. The number of rotatable bonds is 3. The molecule has 0 radical (unpaired) electrons. The van der Waals surface area contributed by atoms with Gasteiger partial charge in [0.05, 0.1) is 11.7 Å². The van der Waals surface area contributed by atoms with E-state index in [1.54, 1.807) is 32.9 Å². The van der Waals surface area contributed by atoms with E-state index in [1.807, 2.05) is 13.0 Å². The number of pyridine rings is 1. The Balaban J connectivity index is 1.91. The van der Waals surface area contributed by atoms with Crippen LogP contribution in [-0.4, -0.2) is 29.3 Å². The van der Waals surface area contributed by atoms with Crippen LogP contribution in [0.15, 0.2) is 30.3 Å². The summed E-state index contributed by atoms with van der Waals surface area (Å²) in [7, 11) is 0. The number of amides is 1. The molecule has 1 aromatic heterocycles. The number of nitrogens with one attached hydrogen (secondary N) is 2. The topological polar surface area (TPSA) is 72.5 Å². The van der Waals surface area contributed by atoms with E-state index in [4.69, 9.17) is 9.47 Å². The van der Waals surface area contributed by atoms with E-state index >= 15 is 0 Å². The summed E-state index contributed by atoms with van der Waals surface area (Å²) in [6.45, 7) is 7.88. The zero-order valence-corrected chi connectivity index (χ0v) is 15.9. The third kappa shape index (κ3) is 5.09. The summed E-state index contributed by atoms with van der Waals surface area (Å²) in [4.78, 5) is 16.7. The minimum Gasteiger partial charge on any atom is -0.474 e. The number of ether oxygens (including phenoxy) is 2. The smallest absolute Gasteiger partial charge is 0.413 e. The summed E-state index contributed by atoms with van der Waals surface area (Å²) in [6.07, 6.45) is -0.116. The van der Waals surface area contributed by atoms with Crippen LogP contribution in [0, 0.1) is 5.82 Å². The number of carbonyl (C=O) groups excluding carboxylic acids is 1. The maximum absolute atomic E-state index is 13.2. The second-order valence-electron chi connectivity index (χ2n) is 7.64. The monoisotopic (exact) mass is 373 g/mol. The predicted octanol–water partition coefficient (Wildman–Crippen LogP) is 4.35. The van der Waals surface area contributed by atoms with Gasteiger partial charge in [-0.1, -0.05) is 12.1 Å². The molecular weight excluding hydrogens is 349 g/mol. The number of halogens is 1. The fourth-order valence-corrected chi connectivity index (χ4v) is 2.73. The molecule has 1 aliphatic heterocycles. The van der Waals surface area contributed by atoms with Crippen LogP contribution in [0.2, 0.25) is 0 Å². The van der Waals surface area contributed by atoms with Gasteiger partial charge in [0.2, 0.25) is 5.88 Å². The average molecular weight is 373 g/mol. The molecule has 0 fully saturated rings. The van der Waals surface area contributed by atoms with E-state index in [0.29, 0.717) is 24.7 Å². The van der Waals surface area contributed by atoms with Crippen molar-refractivity contribution in [1.29, 1.82) is 0 Å². The number of aromatic nitrogens is 1. The summed E-state index contributed by atoms with van der Waals surface area (Å²) in [5.74, 6) is 0.504. The van der Waals surface area contributed by atoms with Gasteiger partial charge in [-0.15, -0.1) is 0 Å². The SMILES string of the molecule is C[C@H]1COc2nc(NC(=O)OC(C)(C)C)c(Cc3ccc(F)cc3)cc2N1. The second kappa shape index (κ2) is 7.42. The molecule has 144 valence electrons. The maximum atomic E-state index is 13.2. The van der Waals surface area contributed by atoms with Crippen molar-refractivity contribution in [2.24, 2.45) is 0 Å². The van der Waals surface area contributed by atoms with Crippen molar-refractivity contribution >= 4 is 17.6 Å². The normalized spacial score (nSPS) is 16.0.